The zero-order valence-electron chi connectivity index (χ0n) is 13.7. The highest BCUT2D eigenvalue weighted by Crippen LogP contribution is 2.18. The molecule has 1 rings (SSSR count). The summed E-state index contributed by atoms with van der Waals surface area (Å²) in [7, 11) is 0. The van der Waals surface area contributed by atoms with Crippen molar-refractivity contribution in [2.75, 3.05) is 0 Å². The van der Waals surface area contributed by atoms with Crippen molar-refractivity contribution < 1.29 is 19.7 Å². The fourth-order valence-corrected chi connectivity index (χ4v) is 2.09. The standard InChI is InChI=1S/C17H26O5/c1-10(7-11(2)13(4)18)5-6-14(19)8-15-9-16(20)12(3)17(21)22-15/h7,9,11,13-14,18-20H,5-6,8H2,1-4H3/b10-7+/t11-,13-,14-/m0/s1. The summed E-state index contributed by atoms with van der Waals surface area (Å²) in [6, 6.07) is 1.37. The van der Waals surface area contributed by atoms with Crippen LogP contribution < -0.4 is 5.63 Å². The van der Waals surface area contributed by atoms with Crippen molar-refractivity contribution in [2.45, 2.75) is 59.2 Å². The van der Waals surface area contributed by atoms with Gasteiger partial charge in [-0.05, 0) is 39.5 Å². The van der Waals surface area contributed by atoms with Gasteiger partial charge in [-0.2, -0.15) is 0 Å². The van der Waals surface area contributed by atoms with Gasteiger partial charge >= 0.3 is 5.63 Å². The number of aliphatic hydroxyl groups is 2. The van der Waals surface area contributed by atoms with E-state index in [-0.39, 0.29) is 29.4 Å². The minimum Gasteiger partial charge on any atom is -0.507 e. The van der Waals surface area contributed by atoms with E-state index in [9.17, 15) is 20.1 Å². The van der Waals surface area contributed by atoms with Crippen LogP contribution in [0.15, 0.2) is 26.9 Å². The summed E-state index contributed by atoms with van der Waals surface area (Å²) in [5.74, 6) is 0.240. The maximum Gasteiger partial charge on any atom is 0.342 e. The Morgan fingerprint density at radius 2 is 2.00 bits per heavy atom. The topological polar surface area (TPSA) is 90.9 Å². The molecule has 3 atom stereocenters. The molecule has 0 aliphatic rings. The number of aromatic hydroxyl groups is 1. The maximum absolute atomic E-state index is 11.5. The highest BCUT2D eigenvalue weighted by Gasteiger charge is 2.12. The third-order valence-corrected chi connectivity index (χ3v) is 3.83. The van der Waals surface area contributed by atoms with E-state index < -0.39 is 17.8 Å². The second-order valence-electron chi connectivity index (χ2n) is 6.02. The summed E-state index contributed by atoms with van der Waals surface area (Å²) < 4.78 is 5.04. The van der Waals surface area contributed by atoms with Crippen LogP contribution in [0.4, 0.5) is 0 Å². The van der Waals surface area contributed by atoms with Crippen molar-refractivity contribution in [3.8, 4) is 5.75 Å². The smallest absolute Gasteiger partial charge is 0.342 e. The summed E-state index contributed by atoms with van der Waals surface area (Å²) in [6.07, 6.45) is 2.34. The van der Waals surface area contributed by atoms with Crippen LogP contribution in [-0.2, 0) is 6.42 Å². The molecule has 1 aromatic heterocycles. The van der Waals surface area contributed by atoms with Crippen LogP contribution in [0.3, 0.4) is 0 Å². The third-order valence-electron chi connectivity index (χ3n) is 3.83. The van der Waals surface area contributed by atoms with Crippen LogP contribution in [0.25, 0.3) is 0 Å². The van der Waals surface area contributed by atoms with E-state index in [1.165, 1.54) is 13.0 Å². The fraction of sp³-hybridized carbons (Fsp3) is 0.588. The molecule has 0 saturated heterocycles. The van der Waals surface area contributed by atoms with Crippen molar-refractivity contribution in [1.29, 1.82) is 0 Å². The Balaban J connectivity index is 2.57. The van der Waals surface area contributed by atoms with E-state index in [4.69, 9.17) is 4.42 Å². The largest absolute Gasteiger partial charge is 0.507 e. The first kappa shape index (κ1) is 18.5. The van der Waals surface area contributed by atoms with Gasteiger partial charge in [0, 0.05) is 12.5 Å². The van der Waals surface area contributed by atoms with Crippen molar-refractivity contribution in [2.24, 2.45) is 5.92 Å². The summed E-state index contributed by atoms with van der Waals surface area (Å²) >= 11 is 0. The number of hydrogen-bond acceptors (Lipinski definition) is 5. The lowest BCUT2D eigenvalue weighted by molar-refractivity contribution is 0.153. The van der Waals surface area contributed by atoms with Gasteiger partial charge in [-0.15, -0.1) is 0 Å². The van der Waals surface area contributed by atoms with E-state index in [1.54, 1.807) is 6.92 Å². The summed E-state index contributed by atoms with van der Waals surface area (Å²) in [6.45, 7) is 7.13. The molecule has 22 heavy (non-hydrogen) atoms. The molecule has 0 aliphatic carbocycles. The lowest BCUT2D eigenvalue weighted by Crippen LogP contribution is -2.14. The van der Waals surface area contributed by atoms with Crippen LogP contribution in [0, 0.1) is 12.8 Å². The first-order valence-corrected chi connectivity index (χ1v) is 7.56. The molecule has 0 radical (unpaired) electrons. The zero-order chi connectivity index (χ0) is 16.9. The van der Waals surface area contributed by atoms with Gasteiger partial charge in [0.2, 0.25) is 0 Å². The van der Waals surface area contributed by atoms with Crippen LogP contribution in [0.5, 0.6) is 5.75 Å². The second-order valence-corrected chi connectivity index (χ2v) is 6.02. The van der Waals surface area contributed by atoms with Gasteiger partial charge in [-0.3, -0.25) is 0 Å². The minimum atomic E-state index is -0.657. The molecular weight excluding hydrogens is 284 g/mol. The van der Waals surface area contributed by atoms with Gasteiger partial charge in [0.15, 0.2) is 0 Å². The van der Waals surface area contributed by atoms with Gasteiger partial charge in [0.1, 0.15) is 11.5 Å². The molecule has 0 unspecified atom stereocenters. The van der Waals surface area contributed by atoms with Crippen molar-refractivity contribution in [1.82, 2.24) is 0 Å². The molecule has 0 aliphatic heterocycles. The molecule has 5 heteroatoms. The Hall–Kier alpha value is -1.59. The van der Waals surface area contributed by atoms with E-state index >= 15 is 0 Å². The molecule has 1 aromatic rings. The summed E-state index contributed by atoms with van der Waals surface area (Å²) in [5.41, 5.74) is 0.689. The molecule has 0 spiro atoms. The Kier molecular flexibility index (Phi) is 6.84. The van der Waals surface area contributed by atoms with Crippen molar-refractivity contribution in [3.05, 3.63) is 39.5 Å². The monoisotopic (exact) mass is 310 g/mol. The molecule has 0 amide bonds. The molecule has 124 valence electrons. The highest BCUT2D eigenvalue weighted by molar-refractivity contribution is 5.28. The van der Waals surface area contributed by atoms with Crippen LogP contribution in [0.2, 0.25) is 0 Å². The fourth-order valence-electron chi connectivity index (χ4n) is 2.09. The Morgan fingerprint density at radius 3 is 2.55 bits per heavy atom. The summed E-state index contributed by atoms with van der Waals surface area (Å²) in [5, 5.41) is 29.1. The zero-order valence-corrected chi connectivity index (χ0v) is 13.7. The lowest BCUT2D eigenvalue weighted by atomic mass is 9.99. The second kappa shape index (κ2) is 8.15. The molecule has 0 saturated carbocycles. The van der Waals surface area contributed by atoms with Crippen LogP contribution in [0.1, 0.15) is 44.9 Å². The number of hydrogen-bond donors (Lipinski definition) is 3. The molecular formula is C17H26O5. The first-order valence-electron chi connectivity index (χ1n) is 7.56. The van der Waals surface area contributed by atoms with E-state index in [2.05, 4.69) is 0 Å². The molecule has 0 fully saturated rings. The van der Waals surface area contributed by atoms with Gasteiger partial charge in [-0.25, -0.2) is 4.79 Å². The van der Waals surface area contributed by atoms with E-state index in [0.29, 0.717) is 12.8 Å². The SMILES string of the molecule is C/C(=C\[C@H](C)[C@H](C)O)CC[C@H](O)Cc1cc(O)c(C)c(=O)o1. The highest BCUT2D eigenvalue weighted by atomic mass is 16.4. The minimum absolute atomic E-state index is 0.0733. The molecule has 0 bridgehead atoms. The number of aliphatic hydroxyl groups excluding tert-OH is 2. The number of rotatable bonds is 7. The van der Waals surface area contributed by atoms with Crippen molar-refractivity contribution in [3.63, 3.8) is 0 Å². The van der Waals surface area contributed by atoms with Gasteiger partial charge < -0.3 is 19.7 Å². The van der Waals surface area contributed by atoms with E-state index in [1.807, 2.05) is 19.9 Å². The van der Waals surface area contributed by atoms with Crippen LogP contribution >= 0.6 is 0 Å². The first-order chi connectivity index (χ1) is 10.2. The van der Waals surface area contributed by atoms with Gasteiger partial charge in [0.05, 0.1) is 17.8 Å². The molecule has 1 heterocycles. The molecule has 0 aromatic carbocycles. The average molecular weight is 310 g/mol. The predicted octanol–water partition coefficient (Wildman–Crippen LogP) is 2.30. The number of allylic oxidation sites excluding steroid dienone is 1. The van der Waals surface area contributed by atoms with Gasteiger partial charge in [0.25, 0.3) is 0 Å². The molecule has 5 nitrogen and oxygen atoms in total. The third kappa shape index (κ3) is 5.66. The lowest BCUT2D eigenvalue weighted by Gasteiger charge is -2.13. The van der Waals surface area contributed by atoms with E-state index in [0.717, 1.165) is 5.57 Å². The Labute approximate surface area is 130 Å². The Bertz CT molecular complexity index is 571. The molecule has 3 N–H and O–H groups in total. The summed E-state index contributed by atoms with van der Waals surface area (Å²) in [4.78, 5) is 11.5. The van der Waals surface area contributed by atoms with Crippen molar-refractivity contribution >= 4 is 0 Å². The normalized spacial score (nSPS) is 16.4. The van der Waals surface area contributed by atoms with Crippen LogP contribution in [-0.4, -0.2) is 27.5 Å². The average Bonchev–Trinajstić information content (AvgIpc) is 2.42. The predicted molar refractivity (Wildman–Crippen MR) is 84.9 cm³/mol. The van der Waals surface area contributed by atoms with Gasteiger partial charge in [-0.1, -0.05) is 18.6 Å². The maximum atomic E-state index is 11.5. The Morgan fingerprint density at radius 1 is 1.36 bits per heavy atom. The quantitative estimate of drug-likeness (QED) is 0.672.